The Morgan fingerprint density at radius 3 is 1.92 bits per heavy atom. The second-order valence-corrected chi connectivity index (χ2v) is 12.6. The van der Waals surface area contributed by atoms with Crippen LogP contribution in [0.1, 0.15) is 37.1 Å². The van der Waals surface area contributed by atoms with Gasteiger partial charge in [-0.2, -0.15) is 10.2 Å². The van der Waals surface area contributed by atoms with Crippen LogP contribution in [0.3, 0.4) is 0 Å². The molecule has 3 N–H and O–H groups in total. The van der Waals surface area contributed by atoms with E-state index in [9.17, 15) is 9.59 Å². The summed E-state index contributed by atoms with van der Waals surface area (Å²) in [5.41, 5.74) is 2.83. The highest BCUT2D eigenvalue weighted by atomic mass is 79.9. The van der Waals surface area contributed by atoms with Gasteiger partial charge < -0.3 is 16.0 Å². The van der Waals surface area contributed by atoms with E-state index in [1.165, 1.54) is 9.36 Å². The van der Waals surface area contributed by atoms with Gasteiger partial charge in [-0.15, -0.1) is 17.0 Å². The lowest BCUT2D eigenvalue weighted by Crippen LogP contribution is -2.42. The van der Waals surface area contributed by atoms with Gasteiger partial charge >= 0.3 is 0 Å². The SMILES string of the molecule is Br.BrCc1ccccn1.Cn1ncc(NC2CCCN(Cc3ccccn3)C2)c(Cl)c1=O.Cn1ncc(NC2CCCNC2)c(Cl)c1=O. The Kier molecular flexibility index (Phi) is 17.0. The molecule has 6 rings (SSSR count). The molecule has 0 aromatic carbocycles. The Morgan fingerprint density at radius 1 is 0.854 bits per heavy atom. The number of aryl methyl sites for hydroxylation is 2. The second-order valence-electron chi connectivity index (χ2n) is 11.3. The first-order valence-electron chi connectivity index (χ1n) is 15.5. The van der Waals surface area contributed by atoms with Crippen molar-refractivity contribution in [2.75, 3.05) is 36.8 Å². The number of hydrogen-bond acceptors (Lipinski definition) is 10. The number of pyridine rings is 2. The van der Waals surface area contributed by atoms with E-state index in [1.54, 1.807) is 32.7 Å². The standard InChI is InChI=1S/C16H20ClN5O.C10H15ClN4O.C6H6BrN.BrH/c1-21-16(23)15(17)14(9-19-21)20-13-6-4-8-22(11-13)10-12-5-2-3-7-18-12;1-15-10(16)9(11)8(6-13-15)14-7-3-2-4-12-5-7;7-5-6-3-1-2-4-8-6;/h2-3,5,7,9,13,20H,4,6,8,10-11H2,1H3;6-7,12,14H,2-5H2,1H3;1-4H,5H2;1H. The molecule has 0 bridgehead atoms. The van der Waals surface area contributed by atoms with Crippen LogP contribution in [-0.4, -0.2) is 72.7 Å². The smallest absolute Gasteiger partial charge is 0.287 e. The molecular formula is C32H42Br2Cl2N10O2. The molecule has 2 unspecified atom stereocenters. The van der Waals surface area contributed by atoms with Crippen LogP contribution in [-0.2, 0) is 26.0 Å². The van der Waals surface area contributed by atoms with Crippen LogP contribution in [0, 0.1) is 0 Å². The predicted molar refractivity (Wildman–Crippen MR) is 202 cm³/mol. The fourth-order valence-corrected chi connectivity index (χ4v) is 5.94. The van der Waals surface area contributed by atoms with Crippen LogP contribution in [0.5, 0.6) is 0 Å². The lowest BCUT2D eigenvalue weighted by Gasteiger charge is -2.33. The molecule has 2 aliphatic rings. The topological polar surface area (TPSA) is 135 Å². The van der Waals surface area contributed by atoms with Gasteiger partial charge in [0.1, 0.15) is 10.0 Å². The molecule has 6 heterocycles. The molecule has 2 saturated heterocycles. The van der Waals surface area contributed by atoms with E-state index in [2.05, 4.69) is 56.9 Å². The van der Waals surface area contributed by atoms with Crippen molar-refractivity contribution in [1.29, 1.82) is 0 Å². The molecule has 0 aliphatic carbocycles. The molecule has 0 saturated carbocycles. The molecule has 4 aromatic rings. The maximum absolute atomic E-state index is 11.8. The molecule has 2 fully saturated rings. The number of piperidine rings is 2. The second kappa shape index (κ2) is 20.6. The average molecular weight is 829 g/mol. The van der Waals surface area contributed by atoms with Gasteiger partial charge in [0.15, 0.2) is 0 Å². The van der Waals surface area contributed by atoms with Crippen molar-refractivity contribution in [3.8, 4) is 0 Å². The number of nitrogens with one attached hydrogen (secondary N) is 3. The summed E-state index contributed by atoms with van der Waals surface area (Å²) in [6.45, 7) is 4.73. The molecule has 260 valence electrons. The lowest BCUT2D eigenvalue weighted by molar-refractivity contribution is 0.206. The number of anilines is 2. The Hall–Kier alpha value is -2.88. The number of aromatic nitrogens is 6. The van der Waals surface area contributed by atoms with E-state index in [0.717, 1.165) is 75.1 Å². The fraction of sp³-hybridized carbons (Fsp3) is 0.438. The Labute approximate surface area is 309 Å². The van der Waals surface area contributed by atoms with E-state index in [4.69, 9.17) is 23.2 Å². The molecule has 0 radical (unpaired) electrons. The minimum atomic E-state index is -0.280. The molecule has 0 amide bonds. The van der Waals surface area contributed by atoms with Crippen molar-refractivity contribution in [1.82, 2.24) is 39.7 Å². The van der Waals surface area contributed by atoms with Gasteiger partial charge in [0, 0.05) is 63.5 Å². The number of nitrogens with zero attached hydrogens (tertiary/aromatic N) is 7. The van der Waals surface area contributed by atoms with Crippen molar-refractivity contribution < 1.29 is 0 Å². The van der Waals surface area contributed by atoms with Gasteiger partial charge in [0.2, 0.25) is 0 Å². The molecule has 4 aromatic heterocycles. The number of hydrogen-bond donors (Lipinski definition) is 3. The average Bonchev–Trinajstić information content (AvgIpc) is 3.11. The van der Waals surface area contributed by atoms with E-state index in [1.807, 2.05) is 42.6 Å². The summed E-state index contributed by atoms with van der Waals surface area (Å²) in [6.07, 6.45) is 11.2. The van der Waals surface area contributed by atoms with Crippen molar-refractivity contribution in [3.63, 3.8) is 0 Å². The van der Waals surface area contributed by atoms with E-state index in [-0.39, 0.29) is 44.2 Å². The van der Waals surface area contributed by atoms with Crippen LogP contribution in [0.25, 0.3) is 0 Å². The zero-order valence-corrected chi connectivity index (χ0v) is 31.8. The minimum absolute atomic E-state index is 0. The third-order valence-electron chi connectivity index (χ3n) is 7.65. The van der Waals surface area contributed by atoms with Gasteiger partial charge in [-0.25, -0.2) is 9.36 Å². The number of halogens is 4. The van der Waals surface area contributed by atoms with Crippen LogP contribution < -0.4 is 27.1 Å². The molecule has 12 nitrogen and oxygen atoms in total. The Bertz CT molecular complexity index is 1660. The van der Waals surface area contributed by atoms with Crippen molar-refractivity contribution in [2.24, 2.45) is 14.1 Å². The third kappa shape index (κ3) is 12.2. The first-order valence-corrected chi connectivity index (χ1v) is 17.4. The van der Waals surface area contributed by atoms with Crippen LogP contribution in [0.4, 0.5) is 11.4 Å². The summed E-state index contributed by atoms with van der Waals surface area (Å²) in [7, 11) is 3.17. The minimum Gasteiger partial charge on any atom is -0.378 e. The fourth-order valence-electron chi connectivity index (χ4n) is 5.15. The quantitative estimate of drug-likeness (QED) is 0.217. The first-order chi connectivity index (χ1) is 22.7. The molecule has 16 heteroatoms. The first kappa shape index (κ1) is 39.6. The predicted octanol–water partition coefficient (Wildman–Crippen LogP) is 5.06. The Balaban J connectivity index is 0.000000216. The molecule has 2 aliphatic heterocycles. The summed E-state index contributed by atoms with van der Waals surface area (Å²) in [5, 5.41) is 19.1. The van der Waals surface area contributed by atoms with Crippen LogP contribution in [0.2, 0.25) is 10.0 Å². The number of alkyl halides is 1. The van der Waals surface area contributed by atoms with Crippen LogP contribution in [0.15, 0.2) is 70.8 Å². The summed E-state index contributed by atoms with van der Waals surface area (Å²) >= 11 is 15.4. The maximum atomic E-state index is 11.8. The highest BCUT2D eigenvalue weighted by Crippen LogP contribution is 2.21. The number of rotatable bonds is 7. The van der Waals surface area contributed by atoms with Gasteiger partial charge in [-0.3, -0.25) is 24.5 Å². The molecule has 48 heavy (non-hydrogen) atoms. The summed E-state index contributed by atoms with van der Waals surface area (Å²) in [6, 6.07) is 12.4. The lowest BCUT2D eigenvalue weighted by atomic mass is 10.1. The van der Waals surface area contributed by atoms with Crippen molar-refractivity contribution >= 4 is 67.5 Å². The van der Waals surface area contributed by atoms with Crippen molar-refractivity contribution in [2.45, 2.75) is 49.6 Å². The highest BCUT2D eigenvalue weighted by Gasteiger charge is 2.21. The maximum Gasteiger partial charge on any atom is 0.287 e. The largest absolute Gasteiger partial charge is 0.378 e. The zero-order chi connectivity index (χ0) is 33.6. The monoisotopic (exact) mass is 826 g/mol. The summed E-state index contributed by atoms with van der Waals surface area (Å²) in [4.78, 5) is 34.2. The third-order valence-corrected chi connectivity index (χ3v) is 8.96. The van der Waals surface area contributed by atoms with Gasteiger partial charge in [-0.1, -0.05) is 51.3 Å². The van der Waals surface area contributed by atoms with E-state index in [0.29, 0.717) is 17.4 Å². The van der Waals surface area contributed by atoms with Crippen molar-refractivity contribution in [3.05, 3.63) is 103 Å². The number of likely N-dealkylation sites (tertiary alicyclic amines) is 1. The summed E-state index contributed by atoms with van der Waals surface area (Å²) in [5.74, 6) is 0. The van der Waals surface area contributed by atoms with Gasteiger partial charge in [0.25, 0.3) is 11.1 Å². The summed E-state index contributed by atoms with van der Waals surface area (Å²) < 4.78 is 2.47. The van der Waals surface area contributed by atoms with Crippen LogP contribution >= 0.6 is 56.1 Å². The molecule has 2 atom stereocenters. The van der Waals surface area contributed by atoms with Gasteiger partial charge in [0.05, 0.1) is 35.2 Å². The highest BCUT2D eigenvalue weighted by molar-refractivity contribution is 9.08. The Morgan fingerprint density at radius 2 is 1.42 bits per heavy atom. The zero-order valence-electron chi connectivity index (χ0n) is 27.0. The molecular weight excluding hydrogens is 787 g/mol. The van der Waals surface area contributed by atoms with E-state index < -0.39 is 0 Å². The van der Waals surface area contributed by atoms with Gasteiger partial charge in [-0.05, 0) is 63.0 Å². The normalized spacial score (nSPS) is 17.4. The molecule has 0 spiro atoms. The van der Waals surface area contributed by atoms with E-state index >= 15 is 0 Å².